The Morgan fingerprint density at radius 1 is 1.18 bits per heavy atom. The maximum atomic E-state index is 13.8. The third kappa shape index (κ3) is 6.14. The van der Waals surface area contributed by atoms with Gasteiger partial charge in [0, 0.05) is 16.7 Å². The van der Waals surface area contributed by atoms with Crippen molar-refractivity contribution in [3.63, 3.8) is 0 Å². The van der Waals surface area contributed by atoms with Crippen LogP contribution in [0.15, 0.2) is 75.2 Å². The molecule has 2 bridgehead atoms. The standard InChI is InChI=1S/C36H41NO5S2/c1-4-41-26-12-14-30-32(21-26)44-34(37-30)43-22-36(40)17-15-29-27-13-10-24(20-28(27)33(39)31-8-6-18-42-31)19-25(38)11-9-23(2)7-5-16-35(29,36)3/h6-8,10,12-14,18,20-21,25,29,38,40H,4-5,9,11,15-17,19,22H2,1-3H3/t25-,29-,35-,36+/m0/s1. The number of allylic oxidation sites excluding steroid dienone is 2. The van der Waals surface area contributed by atoms with Crippen LogP contribution in [-0.4, -0.2) is 45.0 Å². The average molecular weight is 632 g/mol. The molecule has 232 valence electrons. The Morgan fingerprint density at radius 3 is 2.84 bits per heavy atom. The van der Waals surface area contributed by atoms with Crippen molar-refractivity contribution >= 4 is 39.1 Å². The molecule has 1 saturated carbocycles. The number of carbonyl (C=O) groups excluding carboxylic acids is 1. The number of carbonyl (C=O) groups is 1. The van der Waals surface area contributed by atoms with E-state index in [1.165, 1.54) is 11.8 Å². The zero-order chi connectivity index (χ0) is 30.9. The number of hydrogen-bond acceptors (Lipinski definition) is 8. The number of rotatable bonds is 7. The van der Waals surface area contributed by atoms with Gasteiger partial charge in [-0.2, -0.15) is 0 Å². The molecule has 6 nitrogen and oxygen atoms in total. The van der Waals surface area contributed by atoms with Gasteiger partial charge in [0.15, 0.2) is 10.1 Å². The quantitative estimate of drug-likeness (QED) is 0.120. The Bertz CT molecular complexity index is 1660. The fourth-order valence-electron chi connectivity index (χ4n) is 7.10. The SMILES string of the molecule is CCOc1ccc2nc(SC[C@]3(O)CC[C@H]4c5ccc(cc5C(=O)c5ccco5)C[C@@H](O)CCC(C)=CCC[C@@]43C)sc2c1. The van der Waals surface area contributed by atoms with E-state index in [1.54, 1.807) is 35.2 Å². The molecule has 0 aliphatic heterocycles. The molecule has 2 N–H and O–H groups in total. The molecule has 4 aromatic rings. The van der Waals surface area contributed by atoms with Crippen molar-refractivity contribution in [2.75, 3.05) is 12.4 Å². The van der Waals surface area contributed by atoms with E-state index in [1.807, 2.05) is 31.2 Å². The molecule has 4 atom stereocenters. The van der Waals surface area contributed by atoms with Gasteiger partial charge in [-0.3, -0.25) is 4.79 Å². The van der Waals surface area contributed by atoms with Crippen molar-refractivity contribution in [2.45, 2.75) is 87.7 Å². The van der Waals surface area contributed by atoms with E-state index in [-0.39, 0.29) is 11.7 Å². The molecule has 0 radical (unpaired) electrons. The molecule has 0 spiro atoms. The molecule has 8 heteroatoms. The number of thiazole rings is 1. The lowest BCUT2D eigenvalue weighted by atomic mass is 9.65. The summed E-state index contributed by atoms with van der Waals surface area (Å²) in [6.45, 7) is 6.94. The second-order valence-corrected chi connectivity index (χ2v) is 14.8. The van der Waals surface area contributed by atoms with E-state index in [0.29, 0.717) is 42.9 Å². The molecule has 0 saturated heterocycles. The molecule has 7 rings (SSSR count). The number of fused-ring (bicyclic) bond motifs is 9. The highest BCUT2D eigenvalue weighted by atomic mass is 32.2. The van der Waals surface area contributed by atoms with Gasteiger partial charge in [0.25, 0.3) is 0 Å². The van der Waals surface area contributed by atoms with Crippen molar-refractivity contribution in [2.24, 2.45) is 5.41 Å². The van der Waals surface area contributed by atoms with E-state index in [9.17, 15) is 15.0 Å². The molecule has 44 heavy (non-hydrogen) atoms. The highest BCUT2D eigenvalue weighted by Crippen LogP contribution is 2.59. The minimum atomic E-state index is -0.963. The van der Waals surface area contributed by atoms with E-state index < -0.39 is 17.1 Å². The summed E-state index contributed by atoms with van der Waals surface area (Å²) in [5, 5.41) is 23.3. The van der Waals surface area contributed by atoms with Crippen molar-refractivity contribution < 1.29 is 24.2 Å². The Hall–Kier alpha value is -2.91. The Morgan fingerprint density at radius 2 is 2.05 bits per heavy atom. The minimum Gasteiger partial charge on any atom is -0.494 e. The molecule has 2 aromatic carbocycles. The van der Waals surface area contributed by atoms with Crippen LogP contribution < -0.4 is 4.74 Å². The highest BCUT2D eigenvalue weighted by molar-refractivity contribution is 8.01. The van der Waals surface area contributed by atoms with Crippen LogP contribution in [0.5, 0.6) is 5.75 Å². The lowest BCUT2D eigenvalue weighted by Gasteiger charge is -2.44. The van der Waals surface area contributed by atoms with Crippen LogP contribution in [0.4, 0.5) is 0 Å². The zero-order valence-corrected chi connectivity index (χ0v) is 27.3. The predicted molar refractivity (Wildman–Crippen MR) is 177 cm³/mol. The summed E-state index contributed by atoms with van der Waals surface area (Å²) < 4.78 is 13.2. The van der Waals surface area contributed by atoms with Gasteiger partial charge >= 0.3 is 0 Å². The topological polar surface area (TPSA) is 92.8 Å². The number of benzene rings is 2. The van der Waals surface area contributed by atoms with Crippen LogP contribution in [0.3, 0.4) is 0 Å². The van der Waals surface area contributed by atoms with Gasteiger partial charge in [-0.25, -0.2) is 4.98 Å². The lowest BCUT2D eigenvalue weighted by molar-refractivity contribution is -0.0422. The van der Waals surface area contributed by atoms with Crippen LogP contribution >= 0.6 is 23.1 Å². The smallest absolute Gasteiger partial charge is 0.228 e. The summed E-state index contributed by atoms with van der Waals surface area (Å²) in [6.07, 6.45) is 8.30. The molecule has 3 aliphatic carbocycles. The molecular weight excluding hydrogens is 591 g/mol. The normalized spacial score (nSPS) is 25.9. The van der Waals surface area contributed by atoms with Crippen molar-refractivity contribution in [1.29, 1.82) is 0 Å². The van der Waals surface area contributed by atoms with Crippen LogP contribution in [0.2, 0.25) is 0 Å². The maximum absolute atomic E-state index is 13.8. The summed E-state index contributed by atoms with van der Waals surface area (Å²) in [5.74, 6) is 1.48. The van der Waals surface area contributed by atoms with E-state index in [4.69, 9.17) is 14.1 Å². The Balaban J connectivity index is 1.36. The Kier molecular flexibility index (Phi) is 9.07. The van der Waals surface area contributed by atoms with Gasteiger partial charge in [-0.05, 0) is 112 Å². The number of nitrogens with zero attached hydrogens (tertiary/aromatic N) is 1. The third-order valence-corrected chi connectivity index (χ3v) is 12.1. The minimum absolute atomic E-state index is 0.0262. The first kappa shape index (κ1) is 31.1. The number of aromatic nitrogens is 1. The van der Waals surface area contributed by atoms with Gasteiger partial charge in [0.05, 0.1) is 34.8 Å². The third-order valence-electron chi connectivity index (χ3n) is 9.75. The van der Waals surface area contributed by atoms with Crippen LogP contribution in [0.25, 0.3) is 10.2 Å². The van der Waals surface area contributed by atoms with Gasteiger partial charge in [0.1, 0.15) is 5.75 Å². The molecule has 0 amide bonds. The second kappa shape index (κ2) is 12.8. The lowest BCUT2D eigenvalue weighted by Crippen LogP contribution is -2.46. The fraction of sp³-hybridized carbons (Fsp3) is 0.444. The van der Waals surface area contributed by atoms with Crippen LogP contribution in [0, 0.1) is 5.41 Å². The molecule has 2 aromatic heterocycles. The molecular formula is C36H41NO5S2. The molecule has 3 aliphatic rings. The maximum Gasteiger partial charge on any atom is 0.228 e. The van der Waals surface area contributed by atoms with E-state index in [2.05, 4.69) is 32.1 Å². The van der Waals surface area contributed by atoms with Gasteiger partial charge in [-0.1, -0.05) is 42.5 Å². The van der Waals surface area contributed by atoms with Crippen LogP contribution in [0.1, 0.15) is 92.5 Å². The van der Waals surface area contributed by atoms with E-state index in [0.717, 1.165) is 57.1 Å². The van der Waals surface area contributed by atoms with Crippen molar-refractivity contribution in [3.8, 4) is 5.75 Å². The number of hydrogen-bond donors (Lipinski definition) is 2. The second-order valence-electron chi connectivity index (χ2n) is 12.6. The summed E-state index contributed by atoms with van der Waals surface area (Å²) in [6, 6.07) is 15.5. The first-order chi connectivity index (χ1) is 21.2. The number of furan rings is 1. The summed E-state index contributed by atoms with van der Waals surface area (Å²) >= 11 is 3.25. The van der Waals surface area contributed by atoms with Gasteiger partial charge in [0.2, 0.25) is 5.78 Å². The average Bonchev–Trinajstić information content (AvgIpc) is 3.74. The first-order valence-corrected chi connectivity index (χ1v) is 17.4. The zero-order valence-electron chi connectivity index (χ0n) is 25.7. The summed E-state index contributed by atoms with van der Waals surface area (Å²) in [5.41, 5.74) is 3.25. The van der Waals surface area contributed by atoms with Crippen molar-refractivity contribution in [3.05, 3.63) is 88.9 Å². The summed E-state index contributed by atoms with van der Waals surface area (Å²) in [4.78, 5) is 18.7. The van der Waals surface area contributed by atoms with Crippen LogP contribution in [-0.2, 0) is 6.42 Å². The molecule has 1 fully saturated rings. The predicted octanol–water partition coefficient (Wildman–Crippen LogP) is 8.35. The van der Waals surface area contributed by atoms with E-state index >= 15 is 0 Å². The number of ketones is 1. The summed E-state index contributed by atoms with van der Waals surface area (Å²) in [7, 11) is 0. The number of thioether (sulfide) groups is 1. The largest absolute Gasteiger partial charge is 0.494 e. The Labute approximate surface area is 267 Å². The number of aliphatic hydroxyl groups excluding tert-OH is 1. The van der Waals surface area contributed by atoms with Gasteiger partial charge < -0.3 is 19.4 Å². The van der Waals surface area contributed by atoms with Crippen molar-refractivity contribution in [1.82, 2.24) is 4.98 Å². The first-order valence-electron chi connectivity index (χ1n) is 15.6. The monoisotopic (exact) mass is 631 g/mol. The number of ether oxygens (including phenoxy) is 1. The highest BCUT2D eigenvalue weighted by Gasteiger charge is 2.56. The molecule has 0 unspecified atom stereocenters. The fourth-order valence-corrected chi connectivity index (χ4v) is 9.50. The van der Waals surface area contributed by atoms with Gasteiger partial charge in [-0.15, -0.1) is 11.3 Å². The number of aliphatic hydroxyl groups is 2. The molecule has 2 heterocycles.